The molecule has 2 amide bonds. The van der Waals surface area contributed by atoms with Crippen molar-refractivity contribution >= 4 is 62.3 Å². The molecule has 0 unspecified atom stereocenters. The van der Waals surface area contributed by atoms with Gasteiger partial charge in [0.15, 0.2) is 0 Å². The number of hydrogen-bond donors (Lipinski definition) is 1. The van der Waals surface area contributed by atoms with Gasteiger partial charge in [0, 0.05) is 33.2 Å². The zero-order valence-corrected chi connectivity index (χ0v) is 25.1. The lowest BCUT2D eigenvalue weighted by Gasteiger charge is -2.33. The van der Waals surface area contributed by atoms with E-state index in [1.165, 1.54) is 29.2 Å². The molecular formula is C28H30Cl3N3O4S. The quantitative estimate of drug-likeness (QED) is 0.301. The summed E-state index contributed by atoms with van der Waals surface area (Å²) in [7, 11) is -4.20. The Bertz CT molecular complexity index is 1430. The molecular weight excluding hydrogens is 581 g/mol. The van der Waals surface area contributed by atoms with E-state index in [-0.39, 0.29) is 17.5 Å². The van der Waals surface area contributed by atoms with Gasteiger partial charge in [0.25, 0.3) is 10.0 Å². The van der Waals surface area contributed by atoms with Crippen molar-refractivity contribution in [3.63, 3.8) is 0 Å². The fourth-order valence-electron chi connectivity index (χ4n) is 3.93. The van der Waals surface area contributed by atoms with Crippen molar-refractivity contribution in [2.75, 3.05) is 10.8 Å². The maximum atomic E-state index is 14.0. The second kappa shape index (κ2) is 13.0. The van der Waals surface area contributed by atoms with Crippen molar-refractivity contribution in [1.82, 2.24) is 10.2 Å². The zero-order chi connectivity index (χ0) is 28.9. The second-order valence-electron chi connectivity index (χ2n) is 9.31. The summed E-state index contributed by atoms with van der Waals surface area (Å²) in [4.78, 5) is 28.2. The maximum Gasteiger partial charge on any atom is 0.264 e. The summed E-state index contributed by atoms with van der Waals surface area (Å²) in [5, 5.41) is 3.82. The molecule has 0 aromatic heterocycles. The Hall–Kier alpha value is -2.78. The molecule has 0 aliphatic rings. The molecule has 0 radical (unpaired) electrons. The Morgan fingerprint density at radius 1 is 0.872 bits per heavy atom. The molecule has 0 heterocycles. The number of aryl methyl sites for hydroxylation is 1. The van der Waals surface area contributed by atoms with Gasteiger partial charge in [-0.2, -0.15) is 0 Å². The van der Waals surface area contributed by atoms with E-state index in [0.717, 1.165) is 4.31 Å². The third-order valence-electron chi connectivity index (χ3n) is 6.05. The van der Waals surface area contributed by atoms with Crippen LogP contribution in [0.4, 0.5) is 5.69 Å². The number of halogens is 3. The number of carbonyl (C=O) groups excluding carboxylic acids is 2. The Kier molecular flexibility index (Phi) is 10.3. The van der Waals surface area contributed by atoms with Crippen molar-refractivity contribution in [2.45, 2.75) is 51.2 Å². The lowest BCUT2D eigenvalue weighted by atomic mass is 10.1. The molecule has 1 atom stereocenters. The molecule has 208 valence electrons. The molecule has 0 aliphatic carbocycles. The minimum Gasteiger partial charge on any atom is -0.352 e. The van der Waals surface area contributed by atoms with Gasteiger partial charge in [-0.1, -0.05) is 59.1 Å². The number of anilines is 1. The predicted octanol–water partition coefficient (Wildman–Crippen LogP) is 6.09. The number of nitrogens with zero attached hydrogens (tertiary/aromatic N) is 2. The molecule has 7 nitrogen and oxygen atoms in total. The largest absolute Gasteiger partial charge is 0.352 e. The monoisotopic (exact) mass is 609 g/mol. The summed E-state index contributed by atoms with van der Waals surface area (Å²) in [6.45, 7) is 6.26. The average molecular weight is 611 g/mol. The smallest absolute Gasteiger partial charge is 0.264 e. The van der Waals surface area contributed by atoms with Gasteiger partial charge in [-0.15, -0.1) is 0 Å². The fourth-order valence-corrected chi connectivity index (χ4v) is 6.05. The SMILES string of the molecule is Cc1ccccc1N(CC(=O)N(Cc1c(Cl)cccc1Cl)[C@H](C)C(=O)NC(C)C)S(=O)(=O)c1ccc(Cl)cc1. The summed E-state index contributed by atoms with van der Waals surface area (Å²) in [5.41, 5.74) is 1.42. The van der Waals surface area contributed by atoms with Gasteiger partial charge >= 0.3 is 0 Å². The molecule has 39 heavy (non-hydrogen) atoms. The van der Waals surface area contributed by atoms with Crippen LogP contribution < -0.4 is 9.62 Å². The Morgan fingerprint density at radius 3 is 2.03 bits per heavy atom. The summed E-state index contributed by atoms with van der Waals surface area (Å²) < 4.78 is 28.8. The van der Waals surface area contributed by atoms with Crippen molar-refractivity contribution in [3.8, 4) is 0 Å². The summed E-state index contributed by atoms with van der Waals surface area (Å²) in [6.07, 6.45) is 0. The van der Waals surface area contributed by atoms with Gasteiger partial charge in [-0.05, 0) is 75.7 Å². The average Bonchev–Trinajstić information content (AvgIpc) is 2.87. The molecule has 1 N–H and O–H groups in total. The minimum atomic E-state index is -4.20. The van der Waals surface area contributed by atoms with E-state index in [2.05, 4.69) is 5.32 Å². The van der Waals surface area contributed by atoms with Crippen LogP contribution in [0.15, 0.2) is 71.6 Å². The lowest BCUT2D eigenvalue weighted by Crippen LogP contribution is -2.52. The molecule has 3 rings (SSSR count). The van der Waals surface area contributed by atoms with Crippen LogP contribution in [0.3, 0.4) is 0 Å². The number of hydrogen-bond acceptors (Lipinski definition) is 4. The van der Waals surface area contributed by atoms with Crippen LogP contribution in [-0.4, -0.2) is 43.8 Å². The standard InChI is InChI=1S/C28H30Cl3N3O4S/c1-18(2)32-28(36)20(4)33(16-23-24(30)9-7-10-25(23)31)27(35)17-34(26-11-6-5-8-19(26)3)39(37,38)22-14-12-21(29)13-15-22/h5-15,18,20H,16-17H2,1-4H3,(H,32,36)/t20-/m1/s1. The van der Waals surface area contributed by atoms with E-state index in [0.29, 0.717) is 31.9 Å². The van der Waals surface area contributed by atoms with Gasteiger partial charge in [0.05, 0.1) is 10.6 Å². The van der Waals surface area contributed by atoms with Crippen LogP contribution >= 0.6 is 34.8 Å². The van der Waals surface area contributed by atoms with Gasteiger partial charge in [-0.25, -0.2) is 8.42 Å². The number of para-hydroxylation sites is 1. The molecule has 0 bridgehead atoms. The first kappa shape index (κ1) is 30.8. The first-order valence-corrected chi connectivity index (χ1v) is 14.8. The number of benzene rings is 3. The van der Waals surface area contributed by atoms with Gasteiger partial charge in [0.2, 0.25) is 11.8 Å². The van der Waals surface area contributed by atoms with E-state index in [1.807, 2.05) is 0 Å². The number of nitrogens with one attached hydrogen (secondary N) is 1. The minimum absolute atomic E-state index is 0.0331. The van der Waals surface area contributed by atoms with Crippen molar-refractivity contribution in [3.05, 3.63) is 92.9 Å². The third-order valence-corrected chi connectivity index (χ3v) is 8.79. The van der Waals surface area contributed by atoms with Crippen LogP contribution in [0.1, 0.15) is 31.9 Å². The second-order valence-corrected chi connectivity index (χ2v) is 12.4. The normalized spacial score (nSPS) is 12.2. The molecule has 0 fully saturated rings. The van der Waals surface area contributed by atoms with Crippen molar-refractivity contribution < 1.29 is 18.0 Å². The highest BCUT2D eigenvalue weighted by Gasteiger charge is 2.33. The van der Waals surface area contributed by atoms with E-state index >= 15 is 0 Å². The Morgan fingerprint density at radius 2 is 1.46 bits per heavy atom. The molecule has 0 saturated heterocycles. The highest BCUT2D eigenvalue weighted by Crippen LogP contribution is 2.30. The van der Waals surface area contributed by atoms with Gasteiger partial charge in [0.1, 0.15) is 12.6 Å². The fraction of sp³-hybridized carbons (Fsp3) is 0.286. The molecule has 0 spiro atoms. The van der Waals surface area contributed by atoms with Gasteiger partial charge in [-0.3, -0.25) is 13.9 Å². The van der Waals surface area contributed by atoms with E-state index in [1.54, 1.807) is 70.2 Å². The van der Waals surface area contributed by atoms with Crippen LogP contribution in [0.25, 0.3) is 0 Å². The highest BCUT2D eigenvalue weighted by molar-refractivity contribution is 7.92. The number of rotatable bonds is 10. The molecule has 11 heteroatoms. The van der Waals surface area contributed by atoms with Crippen LogP contribution in [0, 0.1) is 6.92 Å². The molecule has 0 saturated carbocycles. The van der Waals surface area contributed by atoms with Crippen LogP contribution in [0.2, 0.25) is 15.1 Å². The topological polar surface area (TPSA) is 86.8 Å². The highest BCUT2D eigenvalue weighted by atomic mass is 35.5. The third kappa shape index (κ3) is 7.45. The lowest BCUT2D eigenvalue weighted by molar-refractivity contribution is -0.139. The van der Waals surface area contributed by atoms with Crippen molar-refractivity contribution in [1.29, 1.82) is 0 Å². The van der Waals surface area contributed by atoms with E-state index in [4.69, 9.17) is 34.8 Å². The summed E-state index contributed by atoms with van der Waals surface area (Å²) in [5.74, 6) is -1.01. The van der Waals surface area contributed by atoms with Crippen LogP contribution in [-0.2, 0) is 26.2 Å². The number of carbonyl (C=O) groups is 2. The first-order valence-electron chi connectivity index (χ1n) is 12.2. The Labute approximate surface area is 244 Å². The molecule has 3 aromatic carbocycles. The van der Waals surface area contributed by atoms with Gasteiger partial charge < -0.3 is 10.2 Å². The first-order chi connectivity index (χ1) is 18.3. The van der Waals surface area contributed by atoms with Crippen LogP contribution in [0.5, 0.6) is 0 Å². The maximum absolute atomic E-state index is 14.0. The zero-order valence-electron chi connectivity index (χ0n) is 22.0. The number of sulfonamides is 1. The number of amides is 2. The van der Waals surface area contributed by atoms with Crippen molar-refractivity contribution in [2.24, 2.45) is 0 Å². The van der Waals surface area contributed by atoms with E-state index < -0.39 is 34.4 Å². The summed E-state index contributed by atoms with van der Waals surface area (Å²) in [6, 6.07) is 16.4. The Balaban J connectivity index is 2.08. The predicted molar refractivity (Wildman–Crippen MR) is 157 cm³/mol. The van der Waals surface area contributed by atoms with E-state index in [9.17, 15) is 18.0 Å². The molecule has 3 aromatic rings. The molecule has 0 aliphatic heterocycles. The summed E-state index contributed by atoms with van der Waals surface area (Å²) >= 11 is 18.8.